The minimum Gasteiger partial charge on any atom is -0.356 e. The first kappa shape index (κ1) is 13.0. The molecule has 0 saturated carbocycles. The van der Waals surface area contributed by atoms with Crippen molar-refractivity contribution < 1.29 is 0 Å². The zero-order valence-electron chi connectivity index (χ0n) is 12.6. The van der Waals surface area contributed by atoms with Gasteiger partial charge < -0.3 is 9.88 Å². The molecule has 108 valence electrons. The van der Waals surface area contributed by atoms with Crippen molar-refractivity contribution in [1.82, 2.24) is 4.57 Å². The van der Waals surface area contributed by atoms with E-state index in [2.05, 4.69) is 71.4 Å². The maximum absolute atomic E-state index is 3.48. The molecule has 0 saturated heterocycles. The molecule has 3 aromatic carbocycles. The van der Waals surface area contributed by atoms with Crippen molar-refractivity contribution >= 4 is 33.2 Å². The summed E-state index contributed by atoms with van der Waals surface area (Å²) in [4.78, 5) is 0. The van der Waals surface area contributed by atoms with Gasteiger partial charge in [0, 0.05) is 39.7 Å². The predicted octanol–water partition coefficient (Wildman–Crippen LogP) is 5.56. The summed E-state index contributed by atoms with van der Waals surface area (Å²) in [5.74, 6) is 0. The van der Waals surface area contributed by atoms with Gasteiger partial charge in [0.25, 0.3) is 0 Å². The van der Waals surface area contributed by atoms with E-state index in [0.29, 0.717) is 0 Å². The number of benzene rings is 3. The van der Waals surface area contributed by atoms with Gasteiger partial charge in [0.15, 0.2) is 0 Å². The molecule has 0 aliphatic rings. The monoisotopic (exact) mass is 286 g/mol. The fraction of sp³-hybridized carbons (Fsp3) is 0.100. The molecule has 0 unspecified atom stereocenters. The molecular formula is C20H18N2. The van der Waals surface area contributed by atoms with Crippen LogP contribution >= 0.6 is 0 Å². The Labute approximate surface area is 130 Å². The Morgan fingerprint density at radius 1 is 0.727 bits per heavy atom. The van der Waals surface area contributed by atoms with Crippen molar-refractivity contribution in [3.8, 4) is 0 Å². The minimum atomic E-state index is 0.982. The molecule has 0 amide bonds. The molecule has 1 aromatic heterocycles. The van der Waals surface area contributed by atoms with E-state index in [9.17, 15) is 0 Å². The van der Waals surface area contributed by atoms with E-state index in [4.69, 9.17) is 0 Å². The minimum absolute atomic E-state index is 0.982. The molecule has 0 bridgehead atoms. The Bertz CT molecular complexity index is 936. The molecule has 0 fully saturated rings. The lowest BCUT2D eigenvalue weighted by Crippen LogP contribution is -1.93. The fourth-order valence-corrected chi connectivity index (χ4v) is 3.16. The number of para-hydroxylation sites is 2. The lowest BCUT2D eigenvalue weighted by Gasteiger charge is -2.07. The van der Waals surface area contributed by atoms with Crippen molar-refractivity contribution in [1.29, 1.82) is 0 Å². The second kappa shape index (κ2) is 5.23. The van der Waals surface area contributed by atoms with Crippen molar-refractivity contribution in [3.63, 3.8) is 0 Å². The molecule has 0 aliphatic carbocycles. The van der Waals surface area contributed by atoms with Crippen LogP contribution in [0.1, 0.15) is 6.92 Å². The van der Waals surface area contributed by atoms with Crippen LogP contribution < -0.4 is 5.32 Å². The van der Waals surface area contributed by atoms with Gasteiger partial charge in [0.05, 0.1) is 0 Å². The zero-order valence-corrected chi connectivity index (χ0v) is 12.6. The first-order valence-electron chi connectivity index (χ1n) is 7.70. The molecule has 0 aliphatic heterocycles. The lowest BCUT2D eigenvalue weighted by atomic mass is 10.1. The Morgan fingerprint density at radius 2 is 1.45 bits per heavy atom. The first-order valence-corrected chi connectivity index (χ1v) is 7.70. The third-order valence-corrected chi connectivity index (χ3v) is 4.15. The quantitative estimate of drug-likeness (QED) is 0.522. The number of nitrogens with zero attached hydrogens (tertiary/aromatic N) is 1. The summed E-state index contributed by atoms with van der Waals surface area (Å²) in [7, 11) is 0. The summed E-state index contributed by atoms with van der Waals surface area (Å²) in [6.07, 6.45) is 0. The van der Waals surface area contributed by atoms with E-state index in [0.717, 1.165) is 17.9 Å². The van der Waals surface area contributed by atoms with E-state index >= 15 is 0 Å². The van der Waals surface area contributed by atoms with Crippen molar-refractivity contribution in [3.05, 3.63) is 72.8 Å². The number of rotatable bonds is 3. The summed E-state index contributed by atoms with van der Waals surface area (Å²) >= 11 is 0. The standard InChI is InChI=1S/C20H18N2/c1-2-22-19-11-7-6-10-17(19)18-14-16(12-13-20(18)22)21-15-8-4-3-5-9-15/h3-14,21H,2H2,1H3. The fourth-order valence-electron chi connectivity index (χ4n) is 3.16. The van der Waals surface area contributed by atoms with Crippen LogP contribution in [-0.2, 0) is 6.54 Å². The molecule has 4 aromatic rings. The van der Waals surface area contributed by atoms with Crippen LogP contribution in [0.2, 0.25) is 0 Å². The molecule has 0 radical (unpaired) electrons. The first-order chi connectivity index (χ1) is 10.9. The number of hydrogen-bond acceptors (Lipinski definition) is 1. The normalized spacial score (nSPS) is 11.1. The maximum Gasteiger partial charge on any atom is 0.0492 e. The number of aryl methyl sites for hydroxylation is 1. The average Bonchev–Trinajstić information content (AvgIpc) is 2.89. The van der Waals surface area contributed by atoms with E-state index < -0.39 is 0 Å². The Morgan fingerprint density at radius 3 is 2.27 bits per heavy atom. The van der Waals surface area contributed by atoms with Crippen LogP contribution in [0, 0.1) is 0 Å². The molecule has 2 nitrogen and oxygen atoms in total. The second-order valence-corrected chi connectivity index (χ2v) is 5.48. The molecular weight excluding hydrogens is 268 g/mol. The molecule has 0 atom stereocenters. The molecule has 2 heteroatoms. The topological polar surface area (TPSA) is 17.0 Å². The van der Waals surface area contributed by atoms with Gasteiger partial charge in [-0.2, -0.15) is 0 Å². The van der Waals surface area contributed by atoms with Gasteiger partial charge in [-0.05, 0) is 43.3 Å². The average molecular weight is 286 g/mol. The summed E-state index contributed by atoms with van der Waals surface area (Å²) in [6.45, 7) is 3.18. The van der Waals surface area contributed by atoms with Gasteiger partial charge in [-0.15, -0.1) is 0 Å². The predicted molar refractivity (Wildman–Crippen MR) is 94.8 cm³/mol. The number of aromatic nitrogens is 1. The number of hydrogen-bond donors (Lipinski definition) is 1. The highest BCUT2D eigenvalue weighted by molar-refractivity contribution is 6.09. The summed E-state index contributed by atoms with van der Waals surface area (Å²) in [5, 5.41) is 6.10. The molecule has 4 rings (SSSR count). The van der Waals surface area contributed by atoms with E-state index in [-0.39, 0.29) is 0 Å². The summed E-state index contributed by atoms with van der Waals surface area (Å²) < 4.78 is 2.37. The Kier molecular flexibility index (Phi) is 3.08. The van der Waals surface area contributed by atoms with Crippen LogP contribution in [0.15, 0.2) is 72.8 Å². The molecule has 22 heavy (non-hydrogen) atoms. The van der Waals surface area contributed by atoms with Gasteiger partial charge in [-0.3, -0.25) is 0 Å². The highest BCUT2D eigenvalue weighted by Gasteiger charge is 2.09. The van der Waals surface area contributed by atoms with Gasteiger partial charge in [-0.1, -0.05) is 36.4 Å². The third-order valence-electron chi connectivity index (χ3n) is 4.15. The highest BCUT2D eigenvalue weighted by Crippen LogP contribution is 2.31. The van der Waals surface area contributed by atoms with Crippen LogP contribution in [0.4, 0.5) is 11.4 Å². The van der Waals surface area contributed by atoms with Crippen molar-refractivity contribution in [2.24, 2.45) is 0 Å². The van der Waals surface area contributed by atoms with Crippen LogP contribution in [-0.4, -0.2) is 4.57 Å². The highest BCUT2D eigenvalue weighted by atomic mass is 15.0. The maximum atomic E-state index is 3.48. The SMILES string of the molecule is CCn1c2ccccc2c2cc(Nc3ccccc3)ccc21. The number of nitrogens with one attached hydrogen (secondary N) is 1. The largest absolute Gasteiger partial charge is 0.356 e. The van der Waals surface area contributed by atoms with Crippen LogP contribution in [0.5, 0.6) is 0 Å². The Balaban J connectivity index is 1.88. The van der Waals surface area contributed by atoms with E-state index in [1.54, 1.807) is 0 Å². The molecule has 1 heterocycles. The van der Waals surface area contributed by atoms with Crippen molar-refractivity contribution in [2.45, 2.75) is 13.5 Å². The van der Waals surface area contributed by atoms with Crippen LogP contribution in [0.3, 0.4) is 0 Å². The van der Waals surface area contributed by atoms with Gasteiger partial charge in [0.2, 0.25) is 0 Å². The van der Waals surface area contributed by atoms with Gasteiger partial charge >= 0.3 is 0 Å². The zero-order chi connectivity index (χ0) is 14.9. The molecule has 1 N–H and O–H groups in total. The van der Waals surface area contributed by atoms with Crippen molar-refractivity contribution in [2.75, 3.05) is 5.32 Å². The smallest absolute Gasteiger partial charge is 0.0492 e. The Hall–Kier alpha value is -2.74. The van der Waals surface area contributed by atoms with Gasteiger partial charge in [-0.25, -0.2) is 0 Å². The van der Waals surface area contributed by atoms with E-state index in [1.807, 2.05) is 18.2 Å². The van der Waals surface area contributed by atoms with E-state index in [1.165, 1.54) is 21.8 Å². The summed E-state index contributed by atoms with van der Waals surface area (Å²) in [5.41, 5.74) is 4.83. The van der Waals surface area contributed by atoms with Crippen LogP contribution in [0.25, 0.3) is 21.8 Å². The third kappa shape index (κ3) is 2.04. The van der Waals surface area contributed by atoms with Gasteiger partial charge in [0.1, 0.15) is 0 Å². The second-order valence-electron chi connectivity index (χ2n) is 5.48. The molecule has 0 spiro atoms. The summed E-state index contributed by atoms with van der Waals surface area (Å²) in [6, 6.07) is 25.5. The number of fused-ring (bicyclic) bond motifs is 3. The number of anilines is 2. The lowest BCUT2D eigenvalue weighted by molar-refractivity contribution is 0.827.